The molecule has 0 spiro atoms. The van der Waals surface area contributed by atoms with Gasteiger partial charge < -0.3 is 10.4 Å². The first kappa shape index (κ1) is 49.5. The Morgan fingerprint density at radius 1 is 0.538 bits per heavy atom. The van der Waals surface area contributed by atoms with Gasteiger partial charge in [-0.1, -0.05) is 182 Å². The molecule has 0 rings (SSSR count). The summed E-state index contributed by atoms with van der Waals surface area (Å²) in [5.41, 5.74) is 0. The van der Waals surface area contributed by atoms with Gasteiger partial charge in [0.15, 0.2) is 0 Å². The Labute approximate surface area is 320 Å². The molecule has 0 aromatic heterocycles. The van der Waals surface area contributed by atoms with E-state index in [1.165, 1.54) is 77.0 Å². The third kappa shape index (κ3) is 38.7. The maximum atomic E-state index is 12.5. The van der Waals surface area contributed by atoms with Gasteiger partial charge in [0.2, 0.25) is 5.91 Å². The van der Waals surface area contributed by atoms with E-state index in [9.17, 15) is 22.9 Å². The number of aliphatic hydroxyl groups is 1. The monoisotopic (exact) mass is 744 g/mol. The molecule has 3 N–H and O–H groups in total. The molecule has 52 heavy (non-hydrogen) atoms. The lowest BCUT2D eigenvalue weighted by atomic mass is 10.0. The van der Waals surface area contributed by atoms with Crippen LogP contribution in [0, 0.1) is 0 Å². The SMILES string of the molecule is CC/C=C\C/C=C\C/C=C\C/C=C\C/C=C\C/C=C\CCCCC(=O)NC(CS(=O)(=O)O)C(O)/C=C/CCCCCCCCCCCCCCCC. The van der Waals surface area contributed by atoms with Gasteiger partial charge in [-0.25, -0.2) is 0 Å². The summed E-state index contributed by atoms with van der Waals surface area (Å²) in [6, 6.07) is -1.08. The van der Waals surface area contributed by atoms with Gasteiger partial charge in [-0.15, -0.1) is 0 Å². The fourth-order valence-electron chi connectivity index (χ4n) is 5.75. The van der Waals surface area contributed by atoms with E-state index in [0.717, 1.165) is 70.6 Å². The molecule has 0 bridgehead atoms. The second-order valence-corrected chi connectivity index (χ2v) is 15.4. The van der Waals surface area contributed by atoms with E-state index in [-0.39, 0.29) is 12.3 Å². The number of aliphatic hydroxyl groups excluding tert-OH is 1. The minimum absolute atomic E-state index is 0.236. The molecule has 0 aliphatic carbocycles. The first-order valence-corrected chi connectivity index (χ1v) is 22.4. The Hall–Kier alpha value is -2.48. The third-order valence-corrected chi connectivity index (χ3v) is 9.61. The van der Waals surface area contributed by atoms with Gasteiger partial charge in [0.05, 0.1) is 17.9 Å². The molecule has 2 atom stereocenters. The van der Waals surface area contributed by atoms with E-state index in [4.69, 9.17) is 0 Å². The third-order valence-electron chi connectivity index (χ3n) is 8.83. The van der Waals surface area contributed by atoms with E-state index < -0.39 is 28.0 Å². The molecule has 7 heteroatoms. The van der Waals surface area contributed by atoms with Gasteiger partial charge in [0.1, 0.15) is 0 Å². The van der Waals surface area contributed by atoms with E-state index >= 15 is 0 Å². The largest absolute Gasteiger partial charge is 0.387 e. The Balaban J connectivity index is 4.05. The molecule has 0 radical (unpaired) electrons. The van der Waals surface area contributed by atoms with Crippen LogP contribution in [0.4, 0.5) is 0 Å². The Bertz CT molecular complexity index is 1130. The maximum absolute atomic E-state index is 12.5. The molecular weight excluding hydrogens is 667 g/mol. The fraction of sp³-hybridized carbons (Fsp3) is 0.667. The number of amides is 1. The van der Waals surface area contributed by atoms with E-state index in [1.54, 1.807) is 6.08 Å². The van der Waals surface area contributed by atoms with Crippen molar-refractivity contribution in [3.63, 3.8) is 0 Å². The van der Waals surface area contributed by atoms with Crippen molar-refractivity contribution in [3.05, 3.63) is 85.1 Å². The highest BCUT2D eigenvalue weighted by atomic mass is 32.2. The Morgan fingerprint density at radius 2 is 0.923 bits per heavy atom. The molecule has 0 aromatic carbocycles. The van der Waals surface area contributed by atoms with Crippen LogP contribution in [0.3, 0.4) is 0 Å². The van der Waals surface area contributed by atoms with Crippen LogP contribution in [0.2, 0.25) is 0 Å². The molecule has 0 aliphatic rings. The van der Waals surface area contributed by atoms with Crippen molar-refractivity contribution in [1.82, 2.24) is 5.32 Å². The summed E-state index contributed by atoms with van der Waals surface area (Å²) in [5, 5.41) is 13.2. The summed E-state index contributed by atoms with van der Waals surface area (Å²) in [6.45, 7) is 4.40. The summed E-state index contributed by atoms with van der Waals surface area (Å²) in [4.78, 5) is 12.5. The van der Waals surface area contributed by atoms with Gasteiger partial charge in [-0.05, 0) is 70.6 Å². The van der Waals surface area contributed by atoms with Crippen LogP contribution in [0.25, 0.3) is 0 Å². The van der Waals surface area contributed by atoms with Crippen LogP contribution in [0.5, 0.6) is 0 Å². The molecule has 298 valence electrons. The minimum atomic E-state index is -4.36. The molecule has 0 heterocycles. The standard InChI is InChI=1S/C45H77NO5S/c1-3-5-7-9-11-13-15-17-19-21-22-23-24-25-27-29-31-33-35-37-39-41-45(48)46-43(42-52(49,50)51)44(47)40-38-36-34-32-30-28-26-20-18-16-14-12-10-8-6-4-2/h5,7,11,13,17,19,22-23,25,27,31,33,38,40,43-44,47H,3-4,6,8-10,12,14-16,18,20-21,24,26,28-30,32,34-37,39,41-42H2,1-2H3,(H,46,48)(H,49,50,51)/b7-5-,13-11-,19-17-,23-22-,27-25-,33-31-,40-38+. The maximum Gasteiger partial charge on any atom is 0.267 e. The molecule has 0 saturated carbocycles. The number of allylic oxidation sites excluding steroid dienone is 13. The fourth-order valence-corrected chi connectivity index (χ4v) is 6.48. The number of hydrogen-bond donors (Lipinski definition) is 3. The van der Waals surface area contributed by atoms with Crippen molar-refractivity contribution >= 4 is 16.0 Å². The average molecular weight is 744 g/mol. The van der Waals surface area contributed by atoms with Crippen molar-refractivity contribution in [2.24, 2.45) is 0 Å². The van der Waals surface area contributed by atoms with E-state index in [1.807, 2.05) is 6.08 Å². The lowest BCUT2D eigenvalue weighted by Gasteiger charge is -2.21. The summed E-state index contributed by atoms with van der Waals surface area (Å²) in [5.74, 6) is -1.04. The highest BCUT2D eigenvalue weighted by molar-refractivity contribution is 7.85. The summed E-state index contributed by atoms with van der Waals surface area (Å²) < 4.78 is 32.5. The minimum Gasteiger partial charge on any atom is -0.387 e. The molecule has 0 aromatic rings. The summed E-state index contributed by atoms with van der Waals surface area (Å²) in [7, 11) is -4.36. The van der Waals surface area contributed by atoms with E-state index in [2.05, 4.69) is 92.1 Å². The van der Waals surface area contributed by atoms with Gasteiger partial charge >= 0.3 is 0 Å². The smallest absolute Gasteiger partial charge is 0.267 e. The zero-order valence-electron chi connectivity index (χ0n) is 33.1. The Morgan fingerprint density at radius 3 is 1.37 bits per heavy atom. The summed E-state index contributed by atoms with van der Waals surface area (Å²) in [6.07, 6.45) is 55.6. The van der Waals surface area contributed by atoms with Crippen molar-refractivity contribution in [1.29, 1.82) is 0 Å². The van der Waals surface area contributed by atoms with Crippen LogP contribution in [0.15, 0.2) is 85.1 Å². The highest BCUT2D eigenvalue weighted by Crippen LogP contribution is 2.14. The van der Waals surface area contributed by atoms with E-state index in [0.29, 0.717) is 6.42 Å². The number of hydrogen-bond acceptors (Lipinski definition) is 4. The van der Waals surface area contributed by atoms with Gasteiger partial charge in [-0.3, -0.25) is 9.35 Å². The second kappa shape index (κ2) is 38.3. The number of carbonyl (C=O) groups excluding carboxylic acids is 1. The molecule has 6 nitrogen and oxygen atoms in total. The molecule has 0 aliphatic heterocycles. The quantitative estimate of drug-likeness (QED) is 0.0337. The highest BCUT2D eigenvalue weighted by Gasteiger charge is 2.24. The number of unbranched alkanes of at least 4 members (excludes halogenated alkanes) is 16. The molecule has 0 fully saturated rings. The molecule has 1 amide bonds. The molecule has 0 saturated heterocycles. The zero-order chi connectivity index (χ0) is 38.2. The summed E-state index contributed by atoms with van der Waals surface area (Å²) >= 11 is 0. The lowest BCUT2D eigenvalue weighted by molar-refractivity contribution is -0.122. The van der Waals surface area contributed by atoms with Crippen LogP contribution >= 0.6 is 0 Å². The lowest BCUT2D eigenvalue weighted by Crippen LogP contribution is -2.46. The van der Waals surface area contributed by atoms with Gasteiger partial charge in [0.25, 0.3) is 10.1 Å². The van der Waals surface area contributed by atoms with Gasteiger partial charge in [0, 0.05) is 6.42 Å². The second-order valence-electron chi connectivity index (χ2n) is 13.9. The first-order valence-electron chi connectivity index (χ1n) is 20.8. The number of nitrogens with one attached hydrogen (secondary N) is 1. The normalized spacial score (nSPS) is 14.2. The average Bonchev–Trinajstić information content (AvgIpc) is 3.11. The predicted octanol–water partition coefficient (Wildman–Crippen LogP) is 12.4. The zero-order valence-corrected chi connectivity index (χ0v) is 34.0. The number of carbonyl (C=O) groups is 1. The topological polar surface area (TPSA) is 104 Å². The van der Waals surface area contributed by atoms with Crippen LogP contribution < -0.4 is 5.32 Å². The van der Waals surface area contributed by atoms with Crippen LogP contribution in [-0.2, 0) is 14.9 Å². The van der Waals surface area contributed by atoms with Crippen molar-refractivity contribution in [3.8, 4) is 0 Å². The molecule has 2 unspecified atom stereocenters. The Kier molecular flexibility index (Phi) is 36.4. The molecular formula is C45H77NO5S. The van der Waals surface area contributed by atoms with Crippen LogP contribution in [-0.4, -0.2) is 41.9 Å². The predicted molar refractivity (Wildman–Crippen MR) is 225 cm³/mol. The van der Waals surface area contributed by atoms with Crippen molar-refractivity contribution in [2.75, 3.05) is 5.75 Å². The van der Waals surface area contributed by atoms with Crippen LogP contribution in [0.1, 0.15) is 174 Å². The van der Waals surface area contributed by atoms with Crippen molar-refractivity contribution < 1.29 is 22.9 Å². The van der Waals surface area contributed by atoms with Crippen molar-refractivity contribution in [2.45, 2.75) is 187 Å². The first-order chi connectivity index (χ1) is 25.3. The number of rotatable bonds is 36. The van der Waals surface area contributed by atoms with Gasteiger partial charge in [-0.2, -0.15) is 8.42 Å².